The van der Waals surface area contributed by atoms with Crippen molar-refractivity contribution >= 4 is 23.2 Å². The average Bonchev–Trinajstić information content (AvgIpc) is 2.96. The maximum absolute atomic E-state index is 13.8. The van der Waals surface area contributed by atoms with E-state index in [0.717, 1.165) is 13.0 Å². The average molecular weight is 333 g/mol. The van der Waals surface area contributed by atoms with Gasteiger partial charge in [-0.25, -0.2) is 4.39 Å². The van der Waals surface area contributed by atoms with Crippen molar-refractivity contribution in [3.8, 4) is 0 Å². The highest BCUT2D eigenvalue weighted by Gasteiger charge is 2.24. The van der Waals surface area contributed by atoms with Crippen LogP contribution in [0, 0.1) is 5.82 Å². The monoisotopic (exact) mass is 332 g/mol. The molecule has 1 aliphatic heterocycles. The van der Waals surface area contributed by atoms with E-state index in [1.165, 1.54) is 29.4 Å². The second-order valence-electron chi connectivity index (χ2n) is 5.73. The molecule has 3 nitrogen and oxygen atoms in total. The number of amides is 1. The topological polar surface area (TPSA) is 32.3 Å². The van der Waals surface area contributed by atoms with E-state index in [0.29, 0.717) is 6.54 Å². The molecule has 0 bridgehead atoms. The normalized spacial score (nSPS) is 14.5. The van der Waals surface area contributed by atoms with Crippen LogP contribution in [-0.4, -0.2) is 25.0 Å². The second kappa shape index (κ2) is 6.59. The van der Waals surface area contributed by atoms with Crippen LogP contribution < -0.4 is 10.2 Å². The Kier molecular flexibility index (Phi) is 4.53. The van der Waals surface area contributed by atoms with Gasteiger partial charge in [-0.15, -0.1) is 0 Å². The highest BCUT2D eigenvalue weighted by molar-refractivity contribution is 6.33. The molecule has 23 heavy (non-hydrogen) atoms. The maximum atomic E-state index is 13.8. The quantitative estimate of drug-likeness (QED) is 0.926. The molecule has 120 valence electrons. The number of carbonyl (C=O) groups is 1. The number of carbonyl (C=O) groups excluding carboxylic acids is 1. The minimum Gasteiger partial charge on any atom is -0.366 e. The Morgan fingerprint density at radius 1 is 1.30 bits per heavy atom. The van der Waals surface area contributed by atoms with Gasteiger partial charge in [0.25, 0.3) is 5.91 Å². The third-order valence-electron chi connectivity index (χ3n) is 4.20. The van der Waals surface area contributed by atoms with Gasteiger partial charge in [-0.2, -0.15) is 0 Å². The molecule has 1 unspecified atom stereocenters. The molecule has 0 saturated heterocycles. The van der Waals surface area contributed by atoms with E-state index >= 15 is 0 Å². The summed E-state index contributed by atoms with van der Waals surface area (Å²) in [4.78, 5) is 14.5. The predicted octanol–water partition coefficient (Wildman–Crippen LogP) is 3.66. The number of para-hydroxylation sites is 1. The molecule has 1 heterocycles. The number of nitrogens with zero attached hydrogens (tertiary/aromatic N) is 1. The van der Waals surface area contributed by atoms with Crippen molar-refractivity contribution in [2.45, 2.75) is 19.4 Å². The van der Waals surface area contributed by atoms with Crippen molar-refractivity contribution in [2.24, 2.45) is 0 Å². The number of anilines is 1. The fourth-order valence-corrected chi connectivity index (χ4v) is 3.22. The van der Waals surface area contributed by atoms with Crippen LogP contribution in [0.1, 0.15) is 22.8 Å². The molecule has 0 spiro atoms. The van der Waals surface area contributed by atoms with E-state index in [1.54, 1.807) is 0 Å². The number of hydrogen-bond donors (Lipinski definition) is 1. The molecule has 1 aliphatic rings. The molecule has 0 saturated carbocycles. The number of halogens is 2. The molecule has 0 aromatic heterocycles. The highest BCUT2D eigenvalue weighted by Crippen LogP contribution is 2.29. The molecule has 0 aliphatic carbocycles. The van der Waals surface area contributed by atoms with E-state index in [-0.39, 0.29) is 16.6 Å². The molecular weight excluding hydrogens is 315 g/mol. The number of benzene rings is 2. The third-order valence-corrected chi connectivity index (χ3v) is 4.52. The summed E-state index contributed by atoms with van der Waals surface area (Å²) in [6.07, 6.45) is 1.01. The zero-order valence-corrected chi connectivity index (χ0v) is 13.6. The Morgan fingerprint density at radius 2 is 2.09 bits per heavy atom. The highest BCUT2D eigenvalue weighted by atomic mass is 35.5. The van der Waals surface area contributed by atoms with E-state index in [4.69, 9.17) is 11.6 Å². The lowest BCUT2D eigenvalue weighted by molar-refractivity contribution is 0.0947. The van der Waals surface area contributed by atoms with Crippen LogP contribution in [0.25, 0.3) is 0 Å². The smallest absolute Gasteiger partial charge is 0.255 e. The summed E-state index contributed by atoms with van der Waals surface area (Å²) in [5.74, 6) is -1.08. The van der Waals surface area contributed by atoms with Gasteiger partial charge >= 0.3 is 0 Å². The van der Waals surface area contributed by atoms with Gasteiger partial charge in [0.15, 0.2) is 0 Å². The summed E-state index contributed by atoms with van der Waals surface area (Å²) in [5, 5.41) is 2.91. The Hall–Kier alpha value is -2.07. The van der Waals surface area contributed by atoms with Gasteiger partial charge < -0.3 is 10.2 Å². The molecule has 0 radical (unpaired) electrons. The molecule has 0 fully saturated rings. The molecule has 1 atom stereocenters. The SMILES string of the molecule is CC(CNC(=O)c1c(F)cccc1Cl)N1CCc2ccccc21. The van der Waals surface area contributed by atoms with Gasteiger partial charge in [0.05, 0.1) is 10.6 Å². The standard InChI is InChI=1S/C18H18ClFN2O/c1-12(22-10-9-13-5-2-3-8-16(13)22)11-21-18(23)17-14(19)6-4-7-15(17)20/h2-8,12H,9-11H2,1H3,(H,21,23). The number of hydrogen-bond acceptors (Lipinski definition) is 2. The zero-order chi connectivity index (χ0) is 16.4. The van der Waals surface area contributed by atoms with Crippen LogP contribution in [0.2, 0.25) is 5.02 Å². The molecule has 3 rings (SSSR count). The zero-order valence-electron chi connectivity index (χ0n) is 12.9. The molecule has 2 aromatic carbocycles. The number of nitrogens with one attached hydrogen (secondary N) is 1. The number of fused-ring (bicyclic) bond motifs is 1. The lowest BCUT2D eigenvalue weighted by Gasteiger charge is -2.27. The maximum Gasteiger partial charge on any atom is 0.255 e. The van der Waals surface area contributed by atoms with E-state index in [1.807, 2.05) is 19.1 Å². The minimum atomic E-state index is -0.603. The van der Waals surface area contributed by atoms with Crippen LogP contribution in [0.15, 0.2) is 42.5 Å². The predicted molar refractivity (Wildman–Crippen MR) is 90.7 cm³/mol. The van der Waals surface area contributed by atoms with Crippen molar-refractivity contribution in [3.63, 3.8) is 0 Å². The van der Waals surface area contributed by atoms with Crippen LogP contribution >= 0.6 is 11.6 Å². The Balaban J connectivity index is 1.66. The van der Waals surface area contributed by atoms with Crippen molar-refractivity contribution in [1.82, 2.24) is 5.32 Å². The molecular formula is C18H18ClFN2O. The summed E-state index contributed by atoms with van der Waals surface area (Å²) < 4.78 is 13.8. The van der Waals surface area contributed by atoms with Crippen LogP contribution in [0.4, 0.5) is 10.1 Å². The van der Waals surface area contributed by atoms with Crippen molar-refractivity contribution in [3.05, 3.63) is 64.4 Å². The first kappa shape index (κ1) is 15.8. The summed E-state index contributed by atoms with van der Waals surface area (Å²) in [6, 6.07) is 12.6. The van der Waals surface area contributed by atoms with Gasteiger partial charge in [-0.1, -0.05) is 35.9 Å². The van der Waals surface area contributed by atoms with Gasteiger partial charge in [-0.05, 0) is 37.1 Å². The largest absolute Gasteiger partial charge is 0.366 e. The van der Waals surface area contributed by atoms with Crippen LogP contribution in [0.3, 0.4) is 0 Å². The summed E-state index contributed by atoms with van der Waals surface area (Å²) >= 11 is 5.92. The summed E-state index contributed by atoms with van der Waals surface area (Å²) in [5.41, 5.74) is 2.43. The fraction of sp³-hybridized carbons (Fsp3) is 0.278. The minimum absolute atomic E-state index is 0.0943. The van der Waals surface area contributed by atoms with Crippen molar-refractivity contribution in [1.29, 1.82) is 0 Å². The van der Waals surface area contributed by atoms with Crippen molar-refractivity contribution < 1.29 is 9.18 Å². The van der Waals surface area contributed by atoms with Crippen LogP contribution in [-0.2, 0) is 6.42 Å². The van der Waals surface area contributed by atoms with Gasteiger partial charge in [0.2, 0.25) is 0 Å². The Bertz CT molecular complexity index is 714. The Labute approximate surface area is 140 Å². The van der Waals surface area contributed by atoms with Gasteiger partial charge in [-0.3, -0.25) is 4.79 Å². The first-order chi connectivity index (χ1) is 11.1. The van der Waals surface area contributed by atoms with E-state index in [2.05, 4.69) is 22.3 Å². The second-order valence-corrected chi connectivity index (χ2v) is 6.14. The summed E-state index contributed by atoms with van der Waals surface area (Å²) in [7, 11) is 0. The lowest BCUT2D eigenvalue weighted by atomic mass is 10.1. The van der Waals surface area contributed by atoms with Gasteiger partial charge in [0, 0.05) is 24.8 Å². The Morgan fingerprint density at radius 3 is 2.87 bits per heavy atom. The van der Waals surface area contributed by atoms with Gasteiger partial charge in [0.1, 0.15) is 5.82 Å². The first-order valence-electron chi connectivity index (χ1n) is 7.64. The van der Waals surface area contributed by atoms with E-state index < -0.39 is 11.7 Å². The number of rotatable bonds is 4. The molecule has 2 aromatic rings. The molecule has 1 amide bonds. The van der Waals surface area contributed by atoms with Crippen molar-refractivity contribution in [2.75, 3.05) is 18.0 Å². The summed E-state index contributed by atoms with van der Waals surface area (Å²) in [6.45, 7) is 3.40. The van der Waals surface area contributed by atoms with Crippen LogP contribution in [0.5, 0.6) is 0 Å². The molecule has 5 heteroatoms. The molecule has 1 N–H and O–H groups in total. The fourth-order valence-electron chi connectivity index (χ4n) is 2.98. The third kappa shape index (κ3) is 3.17. The van der Waals surface area contributed by atoms with E-state index in [9.17, 15) is 9.18 Å². The first-order valence-corrected chi connectivity index (χ1v) is 8.02. The lowest BCUT2D eigenvalue weighted by Crippen LogP contribution is -2.41.